The van der Waals surface area contributed by atoms with Gasteiger partial charge >= 0.3 is 0 Å². The highest BCUT2D eigenvalue weighted by Crippen LogP contribution is 2.18. The monoisotopic (exact) mass is 242 g/mol. The highest BCUT2D eigenvalue weighted by molar-refractivity contribution is 7.80. The van der Waals surface area contributed by atoms with E-state index in [1.165, 1.54) is 16.7 Å². The molecule has 0 radical (unpaired) electrons. The third-order valence-corrected chi connectivity index (χ3v) is 2.98. The van der Waals surface area contributed by atoms with Gasteiger partial charge in [-0.25, -0.2) is 0 Å². The Morgan fingerprint density at radius 2 is 1.94 bits per heavy atom. The summed E-state index contributed by atoms with van der Waals surface area (Å²) in [6.07, 6.45) is 0. The fourth-order valence-electron chi connectivity index (χ4n) is 1.66. The number of aryl methyl sites for hydroxylation is 1. The van der Waals surface area contributed by atoms with Crippen LogP contribution >= 0.6 is 12.6 Å². The molecule has 0 aliphatic rings. The molecule has 0 aliphatic heterocycles. The van der Waals surface area contributed by atoms with Crippen LogP contribution in [-0.4, -0.2) is 4.57 Å². The highest BCUT2D eigenvalue weighted by atomic mass is 32.1. The molecule has 0 saturated heterocycles. The topological polar surface area (TPSA) is 45.8 Å². The molecule has 0 fully saturated rings. The van der Waals surface area contributed by atoms with Crippen molar-refractivity contribution >= 4 is 12.6 Å². The molecule has 0 atom stereocenters. The number of hydrogen-bond donors (Lipinski definition) is 1. The second-order valence-corrected chi connectivity index (χ2v) is 4.07. The van der Waals surface area contributed by atoms with Gasteiger partial charge in [0, 0.05) is 6.07 Å². The zero-order valence-electron chi connectivity index (χ0n) is 9.21. The maximum absolute atomic E-state index is 11.9. The Kier molecular flexibility index (Phi) is 3.03. The molecule has 17 heavy (non-hydrogen) atoms. The average molecular weight is 242 g/mol. The molecular formula is C13H10N2OS. The van der Waals surface area contributed by atoms with E-state index in [0.29, 0.717) is 10.6 Å². The Bertz CT molecular complexity index is 668. The van der Waals surface area contributed by atoms with Crippen LogP contribution in [0.25, 0.3) is 5.69 Å². The average Bonchev–Trinajstić information content (AvgIpc) is 2.32. The maximum Gasteiger partial charge on any atom is 0.256 e. The number of nitriles is 1. The van der Waals surface area contributed by atoms with E-state index in [1.807, 2.05) is 37.3 Å². The van der Waals surface area contributed by atoms with Crippen molar-refractivity contribution in [2.75, 3.05) is 0 Å². The molecule has 0 bridgehead atoms. The Balaban J connectivity index is 2.81. The number of benzene rings is 1. The number of nitrogens with zero attached hydrogens (tertiary/aromatic N) is 2. The SMILES string of the molecule is Cc1ccccc1-n1c(S)c(C#N)ccc1=O. The molecule has 4 heteroatoms. The molecule has 0 unspecified atom stereocenters. The van der Waals surface area contributed by atoms with Gasteiger partial charge in [-0.05, 0) is 24.6 Å². The summed E-state index contributed by atoms with van der Waals surface area (Å²) in [5, 5.41) is 9.31. The molecule has 0 saturated carbocycles. The van der Waals surface area contributed by atoms with Crippen LogP contribution in [-0.2, 0) is 0 Å². The Morgan fingerprint density at radius 1 is 1.24 bits per heavy atom. The first-order valence-corrected chi connectivity index (χ1v) is 5.51. The summed E-state index contributed by atoms with van der Waals surface area (Å²) < 4.78 is 1.44. The zero-order valence-corrected chi connectivity index (χ0v) is 10.1. The molecule has 1 aromatic carbocycles. The Morgan fingerprint density at radius 3 is 2.59 bits per heavy atom. The number of thiol groups is 1. The third kappa shape index (κ3) is 1.97. The summed E-state index contributed by atoms with van der Waals surface area (Å²) in [6, 6.07) is 12.4. The van der Waals surface area contributed by atoms with Gasteiger partial charge in [-0.1, -0.05) is 18.2 Å². The molecule has 2 aromatic rings. The molecule has 0 spiro atoms. The van der Waals surface area contributed by atoms with Crippen LogP contribution in [0, 0.1) is 18.3 Å². The number of pyridine rings is 1. The van der Waals surface area contributed by atoms with Gasteiger partial charge in [-0.2, -0.15) is 5.26 Å². The van der Waals surface area contributed by atoms with Gasteiger partial charge in [0.2, 0.25) is 0 Å². The zero-order chi connectivity index (χ0) is 12.4. The van der Waals surface area contributed by atoms with Crippen molar-refractivity contribution in [1.82, 2.24) is 4.57 Å². The van der Waals surface area contributed by atoms with Gasteiger partial charge < -0.3 is 0 Å². The predicted molar refractivity (Wildman–Crippen MR) is 68.7 cm³/mol. The van der Waals surface area contributed by atoms with Gasteiger partial charge in [0.05, 0.1) is 16.3 Å². The number of hydrogen-bond acceptors (Lipinski definition) is 3. The van der Waals surface area contributed by atoms with Crippen LogP contribution in [0.1, 0.15) is 11.1 Å². The van der Waals surface area contributed by atoms with E-state index in [-0.39, 0.29) is 5.56 Å². The first-order chi connectivity index (χ1) is 8.15. The molecular weight excluding hydrogens is 232 g/mol. The molecule has 0 amide bonds. The summed E-state index contributed by atoms with van der Waals surface area (Å²) in [7, 11) is 0. The van der Waals surface area contributed by atoms with Crippen molar-refractivity contribution in [3.8, 4) is 11.8 Å². The van der Waals surface area contributed by atoms with Crippen LogP contribution in [0.4, 0.5) is 0 Å². The smallest absolute Gasteiger partial charge is 0.256 e. The summed E-state index contributed by atoms with van der Waals surface area (Å²) in [5.41, 5.74) is 1.90. The molecule has 0 N–H and O–H groups in total. The number of aromatic nitrogens is 1. The fourth-order valence-corrected chi connectivity index (χ4v) is 1.99. The summed E-state index contributed by atoms with van der Waals surface area (Å²) in [4.78, 5) is 11.9. The van der Waals surface area contributed by atoms with E-state index in [0.717, 1.165) is 11.3 Å². The first kappa shape index (κ1) is 11.5. The van der Waals surface area contributed by atoms with Crippen molar-refractivity contribution in [1.29, 1.82) is 5.26 Å². The second-order valence-electron chi connectivity index (χ2n) is 3.64. The number of para-hydroxylation sites is 1. The Labute approximate surface area is 104 Å². The molecule has 1 heterocycles. The van der Waals surface area contributed by atoms with E-state index in [1.54, 1.807) is 0 Å². The normalized spacial score (nSPS) is 9.94. The minimum atomic E-state index is -0.191. The van der Waals surface area contributed by atoms with Crippen molar-refractivity contribution in [3.05, 3.63) is 57.9 Å². The molecule has 3 nitrogen and oxygen atoms in total. The predicted octanol–water partition coefficient (Wildman–Crippen LogP) is 2.31. The van der Waals surface area contributed by atoms with Gasteiger partial charge in [0.1, 0.15) is 6.07 Å². The molecule has 0 aliphatic carbocycles. The molecule has 84 valence electrons. The Hall–Kier alpha value is -1.99. The van der Waals surface area contributed by atoms with Gasteiger partial charge in [0.15, 0.2) is 0 Å². The minimum absolute atomic E-state index is 0.191. The van der Waals surface area contributed by atoms with Crippen molar-refractivity contribution in [3.63, 3.8) is 0 Å². The fraction of sp³-hybridized carbons (Fsp3) is 0.0769. The third-order valence-electron chi connectivity index (χ3n) is 2.54. The van der Waals surface area contributed by atoms with E-state index >= 15 is 0 Å². The van der Waals surface area contributed by atoms with Crippen molar-refractivity contribution < 1.29 is 0 Å². The van der Waals surface area contributed by atoms with Crippen LogP contribution in [0.2, 0.25) is 0 Å². The maximum atomic E-state index is 11.9. The lowest BCUT2D eigenvalue weighted by Gasteiger charge is -2.12. The van der Waals surface area contributed by atoms with Crippen LogP contribution in [0.3, 0.4) is 0 Å². The lowest BCUT2D eigenvalue weighted by Crippen LogP contribution is -2.19. The lowest BCUT2D eigenvalue weighted by atomic mass is 10.2. The van der Waals surface area contributed by atoms with E-state index in [2.05, 4.69) is 12.6 Å². The second kappa shape index (κ2) is 4.48. The summed E-state index contributed by atoms with van der Waals surface area (Å²) in [6.45, 7) is 1.91. The van der Waals surface area contributed by atoms with Crippen molar-refractivity contribution in [2.24, 2.45) is 0 Å². The van der Waals surface area contributed by atoms with Gasteiger partial charge in [-0.15, -0.1) is 12.6 Å². The lowest BCUT2D eigenvalue weighted by molar-refractivity contribution is 0.864. The highest BCUT2D eigenvalue weighted by Gasteiger charge is 2.09. The van der Waals surface area contributed by atoms with Gasteiger partial charge in [-0.3, -0.25) is 9.36 Å². The van der Waals surface area contributed by atoms with Crippen LogP contribution in [0.5, 0.6) is 0 Å². The van der Waals surface area contributed by atoms with E-state index < -0.39 is 0 Å². The van der Waals surface area contributed by atoms with Crippen LogP contribution < -0.4 is 5.56 Å². The quantitative estimate of drug-likeness (QED) is 0.780. The first-order valence-electron chi connectivity index (χ1n) is 5.06. The summed E-state index contributed by atoms with van der Waals surface area (Å²) >= 11 is 4.26. The van der Waals surface area contributed by atoms with E-state index in [4.69, 9.17) is 5.26 Å². The van der Waals surface area contributed by atoms with Crippen molar-refractivity contribution in [2.45, 2.75) is 11.9 Å². The molecule has 2 rings (SSSR count). The largest absolute Gasteiger partial charge is 0.270 e. The number of rotatable bonds is 1. The minimum Gasteiger partial charge on any atom is -0.270 e. The van der Waals surface area contributed by atoms with E-state index in [9.17, 15) is 4.79 Å². The standard InChI is InChI=1S/C13H10N2OS/c1-9-4-2-3-5-11(9)15-12(16)7-6-10(8-14)13(15)17/h2-7,17H,1H3. The van der Waals surface area contributed by atoms with Crippen LogP contribution in [0.15, 0.2) is 46.2 Å². The molecule has 1 aromatic heterocycles. The summed E-state index contributed by atoms with van der Waals surface area (Å²) in [5.74, 6) is 0. The van der Waals surface area contributed by atoms with Gasteiger partial charge in [0.25, 0.3) is 5.56 Å².